The normalized spacial score (nSPS) is 12.1. The molecule has 0 radical (unpaired) electrons. The zero-order chi connectivity index (χ0) is 16.9. The third kappa shape index (κ3) is 3.55. The summed E-state index contributed by atoms with van der Waals surface area (Å²) in [6, 6.07) is 7.49. The summed E-state index contributed by atoms with van der Waals surface area (Å²) in [5.74, 6) is -0.0257. The second-order valence-electron chi connectivity index (χ2n) is 5.06. The second-order valence-corrected chi connectivity index (χ2v) is 5.06. The van der Waals surface area contributed by atoms with Crippen LogP contribution in [0.1, 0.15) is 0 Å². The SMILES string of the molecule is OCC(O)CNc1ccc(F)cc1-c1nnc(-c2ccncc2)o1. The van der Waals surface area contributed by atoms with Crippen LogP contribution in [0.15, 0.2) is 47.1 Å². The number of halogens is 1. The molecule has 8 heteroatoms. The third-order valence-corrected chi connectivity index (χ3v) is 3.30. The van der Waals surface area contributed by atoms with Crippen molar-refractivity contribution in [2.75, 3.05) is 18.5 Å². The van der Waals surface area contributed by atoms with Crippen molar-refractivity contribution < 1.29 is 19.0 Å². The molecule has 1 atom stereocenters. The molecule has 2 aromatic heterocycles. The fourth-order valence-electron chi connectivity index (χ4n) is 2.08. The van der Waals surface area contributed by atoms with Crippen molar-refractivity contribution in [2.24, 2.45) is 0 Å². The Bertz CT molecular complexity index is 810. The maximum absolute atomic E-state index is 13.6. The van der Waals surface area contributed by atoms with E-state index < -0.39 is 11.9 Å². The quantitative estimate of drug-likeness (QED) is 0.632. The van der Waals surface area contributed by atoms with Crippen LogP contribution in [0, 0.1) is 5.82 Å². The van der Waals surface area contributed by atoms with Gasteiger partial charge in [-0.05, 0) is 30.3 Å². The average Bonchev–Trinajstić information content (AvgIpc) is 3.11. The molecule has 0 aliphatic carbocycles. The van der Waals surface area contributed by atoms with Crippen LogP contribution in [0.3, 0.4) is 0 Å². The van der Waals surface area contributed by atoms with Crippen LogP contribution < -0.4 is 5.32 Å². The molecular formula is C16H15FN4O3. The number of pyridine rings is 1. The van der Waals surface area contributed by atoms with Gasteiger partial charge in [0.1, 0.15) is 5.82 Å². The molecule has 0 saturated carbocycles. The van der Waals surface area contributed by atoms with Crippen LogP contribution in [0.2, 0.25) is 0 Å². The number of aliphatic hydroxyl groups is 2. The highest BCUT2D eigenvalue weighted by Crippen LogP contribution is 2.30. The van der Waals surface area contributed by atoms with Crippen LogP contribution in [0.4, 0.5) is 10.1 Å². The summed E-state index contributed by atoms with van der Waals surface area (Å²) in [6.07, 6.45) is 2.27. The smallest absolute Gasteiger partial charge is 0.250 e. The van der Waals surface area contributed by atoms with Gasteiger partial charge >= 0.3 is 0 Å². The lowest BCUT2D eigenvalue weighted by Gasteiger charge is -2.12. The van der Waals surface area contributed by atoms with Crippen LogP contribution in [0.5, 0.6) is 0 Å². The standard InChI is InChI=1S/C16H15FN4O3/c17-11-1-2-14(19-8-12(23)9-22)13(7-11)16-21-20-15(24-16)10-3-5-18-6-4-10/h1-7,12,19,22-23H,8-9H2. The fourth-order valence-corrected chi connectivity index (χ4v) is 2.08. The maximum atomic E-state index is 13.6. The molecule has 124 valence electrons. The van der Waals surface area contributed by atoms with Crippen molar-refractivity contribution >= 4 is 5.69 Å². The number of hydrogen-bond acceptors (Lipinski definition) is 7. The van der Waals surface area contributed by atoms with E-state index in [-0.39, 0.29) is 24.9 Å². The minimum absolute atomic E-state index is 0.0977. The van der Waals surface area contributed by atoms with E-state index in [1.165, 1.54) is 18.2 Å². The predicted molar refractivity (Wildman–Crippen MR) is 84.5 cm³/mol. The largest absolute Gasteiger partial charge is 0.416 e. The van der Waals surface area contributed by atoms with E-state index in [0.29, 0.717) is 16.8 Å². The van der Waals surface area contributed by atoms with E-state index in [0.717, 1.165) is 0 Å². The molecule has 7 nitrogen and oxygen atoms in total. The molecule has 3 rings (SSSR count). The predicted octanol–water partition coefficient (Wildman–Crippen LogP) is 1.70. The van der Waals surface area contributed by atoms with E-state index >= 15 is 0 Å². The minimum Gasteiger partial charge on any atom is -0.416 e. The zero-order valence-corrected chi connectivity index (χ0v) is 12.6. The van der Waals surface area contributed by atoms with Gasteiger partial charge in [-0.25, -0.2) is 4.39 Å². The summed E-state index contributed by atoms with van der Waals surface area (Å²) in [5.41, 5.74) is 1.58. The van der Waals surface area contributed by atoms with Gasteiger partial charge in [0.15, 0.2) is 0 Å². The Morgan fingerprint density at radius 3 is 2.62 bits per heavy atom. The van der Waals surface area contributed by atoms with Crippen molar-refractivity contribution in [3.05, 3.63) is 48.5 Å². The van der Waals surface area contributed by atoms with Gasteiger partial charge in [-0.15, -0.1) is 10.2 Å². The molecule has 1 unspecified atom stereocenters. The van der Waals surface area contributed by atoms with Gasteiger partial charge in [-0.3, -0.25) is 4.98 Å². The molecule has 0 spiro atoms. The number of aromatic nitrogens is 3. The Kier molecular flexibility index (Phi) is 4.78. The molecule has 3 N–H and O–H groups in total. The molecule has 3 aromatic rings. The molecule has 1 aromatic carbocycles. The van der Waals surface area contributed by atoms with Crippen molar-refractivity contribution in [1.82, 2.24) is 15.2 Å². The minimum atomic E-state index is -0.932. The number of aliphatic hydroxyl groups excluding tert-OH is 2. The monoisotopic (exact) mass is 330 g/mol. The first-order valence-corrected chi connectivity index (χ1v) is 7.24. The topological polar surface area (TPSA) is 104 Å². The Labute approximate surface area is 136 Å². The van der Waals surface area contributed by atoms with Gasteiger partial charge in [-0.1, -0.05) is 0 Å². The van der Waals surface area contributed by atoms with Gasteiger partial charge in [0, 0.05) is 30.2 Å². The number of anilines is 1. The van der Waals surface area contributed by atoms with Crippen molar-refractivity contribution in [3.8, 4) is 22.9 Å². The molecule has 0 bridgehead atoms. The lowest BCUT2D eigenvalue weighted by molar-refractivity contribution is 0.105. The van der Waals surface area contributed by atoms with E-state index in [1.807, 2.05) is 0 Å². The Morgan fingerprint density at radius 2 is 1.88 bits per heavy atom. The highest BCUT2D eigenvalue weighted by atomic mass is 19.1. The van der Waals surface area contributed by atoms with Gasteiger partial charge in [0.2, 0.25) is 11.8 Å². The van der Waals surface area contributed by atoms with Gasteiger partial charge in [0.05, 0.1) is 18.3 Å². The van der Waals surface area contributed by atoms with Gasteiger partial charge < -0.3 is 19.9 Å². The highest BCUT2D eigenvalue weighted by Gasteiger charge is 2.15. The molecule has 0 aliphatic heterocycles. The highest BCUT2D eigenvalue weighted by molar-refractivity contribution is 5.73. The summed E-state index contributed by atoms with van der Waals surface area (Å²) < 4.78 is 19.2. The van der Waals surface area contributed by atoms with Gasteiger partial charge in [-0.2, -0.15) is 0 Å². The Hall–Kier alpha value is -2.84. The van der Waals surface area contributed by atoms with E-state index in [4.69, 9.17) is 9.52 Å². The summed E-state index contributed by atoms with van der Waals surface area (Å²) in [6.45, 7) is -0.281. The summed E-state index contributed by atoms with van der Waals surface area (Å²) >= 11 is 0. The molecule has 24 heavy (non-hydrogen) atoms. The lowest BCUT2D eigenvalue weighted by atomic mass is 10.1. The molecule has 0 amide bonds. The molecule has 2 heterocycles. The lowest BCUT2D eigenvalue weighted by Crippen LogP contribution is -2.23. The van der Waals surface area contributed by atoms with E-state index in [1.54, 1.807) is 24.5 Å². The number of benzene rings is 1. The summed E-state index contributed by atoms with van der Waals surface area (Å²) in [7, 11) is 0. The third-order valence-electron chi connectivity index (χ3n) is 3.30. The van der Waals surface area contributed by atoms with Crippen LogP contribution in [-0.2, 0) is 0 Å². The number of nitrogens with zero attached hydrogens (tertiary/aromatic N) is 3. The van der Waals surface area contributed by atoms with Crippen LogP contribution >= 0.6 is 0 Å². The van der Waals surface area contributed by atoms with Crippen LogP contribution in [-0.4, -0.2) is 44.7 Å². The maximum Gasteiger partial charge on any atom is 0.250 e. The first kappa shape index (κ1) is 16.0. The summed E-state index contributed by atoms with van der Waals surface area (Å²) in [4.78, 5) is 3.92. The average molecular weight is 330 g/mol. The Balaban J connectivity index is 1.91. The first-order valence-electron chi connectivity index (χ1n) is 7.24. The molecule has 0 fully saturated rings. The molecular weight excluding hydrogens is 315 g/mol. The number of nitrogens with one attached hydrogen (secondary N) is 1. The fraction of sp³-hybridized carbons (Fsp3) is 0.188. The van der Waals surface area contributed by atoms with Gasteiger partial charge in [0.25, 0.3) is 0 Å². The number of rotatable bonds is 6. The van der Waals surface area contributed by atoms with Crippen molar-refractivity contribution in [2.45, 2.75) is 6.10 Å². The number of hydrogen-bond donors (Lipinski definition) is 3. The Morgan fingerprint density at radius 1 is 1.12 bits per heavy atom. The van der Waals surface area contributed by atoms with Crippen LogP contribution in [0.25, 0.3) is 22.9 Å². The second kappa shape index (κ2) is 7.16. The summed E-state index contributed by atoms with van der Waals surface area (Å²) in [5, 5.41) is 29.2. The van der Waals surface area contributed by atoms with E-state index in [2.05, 4.69) is 20.5 Å². The van der Waals surface area contributed by atoms with Crippen molar-refractivity contribution in [3.63, 3.8) is 0 Å². The molecule has 0 saturated heterocycles. The molecule has 0 aliphatic rings. The zero-order valence-electron chi connectivity index (χ0n) is 12.6. The van der Waals surface area contributed by atoms with E-state index in [9.17, 15) is 9.50 Å². The first-order chi connectivity index (χ1) is 11.7. The van der Waals surface area contributed by atoms with Crippen molar-refractivity contribution in [1.29, 1.82) is 0 Å².